The van der Waals surface area contributed by atoms with E-state index in [0.717, 1.165) is 23.8 Å². The minimum Gasteiger partial charge on any atom is -0.484 e. The van der Waals surface area contributed by atoms with E-state index in [0.29, 0.717) is 38.6 Å². The molecule has 2 aromatic carbocycles. The minimum absolute atomic E-state index is 0.0586. The summed E-state index contributed by atoms with van der Waals surface area (Å²) in [5.41, 5.74) is -2.61. The number of hydrogen-bond donors (Lipinski definition) is 3. The van der Waals surface area contributed by atoms with Gasteiger partial charge in [-0.05, 0) is 92.3 Å². The summed E-state index contributed by atoms with van der Waals surface area (Å²) in [6.45, 7) is 1.53. The standard InChI is InChI=1S/C31H31F6NO5/c1-30(41)4-2-17(3-5-30)43-28-23(33)8-15(9-24(28)34)18-7-16(22(32)11-21(18)31(35,36)37)13-42-25-10-14-6-19-26(20(14)12-38-25)27(19)29(39)40/h7-11,17,19-20,26-27,29,39-41H,2-6,12-13H2,1H3/t17?,19?,20?,26-,27+,30?/m1/s1. The Hall–Kier alpha value is -3.09. The molecule has 6 nitrogen and oxygen atoms in total. The summed E-state index contributed by atoms with van der Waals surface area (Å²) in [6, 6.07) is 2.60. The van der Waals surface area contributed by atoms with Crippen molar-refractivity contribution in [2.45, 2.75) is 69.8 Å². The number of aliphatic hydroxyl groups is 3. The van der Waals surface area contributed by atoms with E-state index in [1.807, 2.05) is 0 Å². The van der Waals surface area contributed by atoms with Gasteiger partial charge >= 0.3 is 6.18 Å². The molecule has 4 atom stereocenters. The summed E-state index contributed by atoms with van der Waals surface area (Å²) < 4.78 is 97.9. The van der Waals surface area contributed by atoms with Gasteiger partial charge in [0.15, 0.2) is 23.7 Å². The lowest BCUT2D eigenvalue weighted by atomic mass is 9.85. The third-order valence-corrected chi connectivity index (χ3v) is 9.27. The number of alkyl halides is 3. The molecule has 0 aromatic heterocycles. The Morgan fingerprint density at radius 3 is 2.33 bits per heavy atom. The Morgan fingerprint density at radius 2 is 1.70 bits per heavy atom. The molecule has 232 valence electrons. The molecule has 0 saturated heterocycles. The molecule has 3 N–H and O–H groups in total. The van der Waals surface area contributed by atoms with Crippen molar-refractivity contribution in [3.63, 3.8) is 0 Å². The van der Waals surface area contributed by atoms with Crippen molar-refractivity contribution < 1.29 is 51.1 Å². The number of aliphatic imine (C=N–C) groups is 1. The summed E-state index contributed by atoms with van der Waals surface area (Å²) in [6.07, 6.45) is -3.18. The first-order valence-electron chi connectivity index (χ1n) is 14.2. The van der Waals surface area contributed by atoms with Crippen LogP contribution in [0.25, 0.3) is 11.1 Å². The van der Waals surface area contributed by atoms with Crippen molar-refractivity contribution in [3.8, 4) is 16.9 Å². The van der Waals surface area contributed by atoms with Crippen LogP contribution in [0.2, 0.25) is 0 Å². The highest BCUT2D eigenvalue weighted by atomic mass is 19.4. The third kappa shape index (κ3) is 5.88. The number of rotatable bonds is 6. The fourth-order valence-electron chi connectivity index (χ4n) is 6.92. The molecule has 4 aliphatic rings. The molecule has 6 rings (SSSR count). The highest BCUT2D eigenvalue weighted by Gasteiger charge is 2.62. The van der Waals surface area contributed by atoms with Gasteiger partial charge in [-0.25, -0.2) is 13.2 Å². The molecule has 1 heterocycles. The number of dihydropyridines is 1. The maximum absolute atomic E-state index is 15.1. The zero-order valence-electron chi connectivity index (χ0n) is 23.2. The SMILES string of the molecule is CC1(O)CCC(Oc2c(F)cc(-c3cc(COC4=NCC5C(=C4)CC4[C@H](C(O)O)[C@@H]54)c(F)cc3C(F)(F)F)cc2F)CC1. The predicted molar refractivity (Wildman–Crippen MR) is 142 cm³/mol. The number of aliphatic hydroxyl groups excluding tert-OH is 1. The number of hydrogen-bond acceptors (Lipinski definition) is 6. The Balaban J connectivity index is 1.21. The molecule has 3 aliphatic carbocycles. The first-order valence-corrected chi connectivity index (χ1v) is 14.2. The Labute approximate surface area is 243 Å². The quantitative estimate of drug-likeness (QED) is 0.279. The molecule has 0 bridgehead atoms. The number of ether oxygens (including phenoxy) is 2. The lowest BCUT2D eigenvalue weighted by Crippen LogP contribution is -2.35. The molecular weight excluding hydrogens is 580 g/mol. The van der Waals surface area contributed by atoms with Crippen LogP contribution in [-0.2, 0) is 17.5 Å². The first kappa shape index (κ1) is 30.0. The van der Waals surface area contributed by atoms with E-state index in [1.54, 1.807) is 13.0 Å². The van der Waals surface area contributed by atoms with E-state index in [2.05, 4.69) is 4.99 Å². The molecule has 0 radical (unpaired) electrons. The van der Waals surface area contributed by atoms with Crippen molar-refractivity contribution in [2.24, 2.45) is 28.7 Å². The van der Waals surface area contributed by atoms with E-state index in [4.69, 9.17) is 9.47 Å². The maximum Gasteiger partial charge on any atom is 0.417 e. The predicted octanol–water partition coefficient (Wildman–Crippen LogP) is 5.91. The minimum atomic E-state index is -5.02. The van der Waals surface area contributed by atoms with Crippen LogP contribution < -0.4 is 4.74 Å². The second kappa shape index (κ2) is 10.8. The average molecular weight is 612 g/mol. The Kier molecular flexibility index (Phi) is 7.53. The second-order valence-corrected chi connectivity index (χ2v) is 12.3. The van der Waals surface area contributed by atoms with Crippen LogP contribution >= 0.6 is 0 Å². The summed E-state index contributed by atoms with van der Waals surface area (Å²) >= 11 is 0. The van der Waals surface area contributed by atoms with Crippen LogP contribution in [0.3, 0.4) is 0 Å². The van der Waals surface area contributed by atoms with E-state index < -0.39 is 70.7 Å². The lowest BCUT2D eigenvalue weighted by molar-refractivity contribution is -0.137. The van der Waals surface area contributed by atoms with Crippen LogP contribution in [-0.4, -0.2) is 45.8 Å². The monoisotopic (exact) mass is 611 g/mol. The zero-order valence-corrected chi connectivity index (χ0v) is 23.2. The van der Waals surface area contributed by atoms with Gasteiger partial charge in [-0.1, -0.05) is 5.57 Å². The van der Waals surface area contributed by atoms with Gasteiger partial charge in [0.2, 0.25) is 5.90 Å². The number of nitrogens with zero attached hydrogens (tertiary/aromatic N) is 1. The number of fused-ring (bicyclic) bond motifs is 3. The van der Waals surface area contributed by atoms with Crippen LogP contribution in [0.4, 0.5) is 26.3 Å². The van der Waals surface area contributed by atoms with Crippen LogP contribution in [0.1, 0.15) is 50.2 Å². The highest BCUT2D eigenvalue weighted by molar-refractivity contribution is 5.89. The largest absolute Gasteiger partial charge is 0.484 e. The fourth-order valence-corrected chi connectivity index (χ4v) is 6.92. The normalized spacial score (nSPS) is 30.0. The van der Waals surface area contributed by atoms with E-state index in [-0.39, 0.29) is 41.2 Å². The molecule has 12 heteroatoms. The van der Waals surface area contributed by atoms with Crippen LogP contribution in [0.5, 0.6) is 5.75 Å². The number of benzene rings is 2. The van der Waals surface area contributed by atoms with Crippen LogP contribution in [0.15, 0.2) is 40.9 Å². The van der Waals surface area contributed by atoms with Gasteiger partial charge in [0, 0.05) is 23.9 Å². The molecule has 2 unspecified atom stereocenters. The van der Waals surface area contributed by atoms with Crippen molar-refractivity contribution in [1.29, 1.82) is 0 Å². The molecular formula is C31H31F6NO5. The van der Waals surface area contributed by atoms with Gasteiger partial charge in [0.25, 0.3) is 0 Å². The van der Waals surface area contributed by atoms with Crippen LogP contribution in [0, 0.1) is 41.1 Å². The molecule has 3 saturated carbocycles. The zero-order chi connectivity index (χ0) is 30.8. The fraction of sp³-hybridized carbons (Fsp3) is 0.516. The molecule has 1 aliphatic heterocycles. The smallest absolute Gasteiger partial charge is 0.417 e. The van der Waals surface area contributed by atoms with Crippen molar-refractivity contribution in [1.82, 2.24) is 0 Å². The van der Waals surface area contributed by atoms with Gasteiger partial charge in [-0.2, -0.15) is 13.2 Å². The topological polar surface area (TPSA) is 91.5 Å². The van der Waals surface area contributed by atoms with Gasteiger partial charge in [0.1, 0.15) is 12.4 Å². The van der Waals surface area contributed by atoms with Gasteiger partial charge < -0.3 is 24.8 Å². The Bertz CT molecular complexity index is 1450. The van der Waals surface area contributed by atoms with Crippen molar-refractivity contribution in [3.05, 3.63) is 64.5 Å². The number of halogens is 6. The summed E-state index contributed by atoms with van der Waals surface area (Å²) in [4.78, 5) is 4.34. The van der Waals surface area contributed by atoms with Crippen molar-refractivity contribution in [2.75, 3.05) is 6.54 Å². The second-order valence-electron chi connectivity index (χ2n) is 12.3. The van der Waals surface area contributed by atoms with Gasteiger partial charge in [-0.15, -0.1) is 0 Å². The Morgan fingerprint density at radius 1 is 1.02 bits per heavy atom. The van der Waals surface area contributed by atoms with Crippen molar-refractivity contribution >= 4 is 5.90 Å². The molecule has 3 fully saturated rings. The summed E-state index contributed by atoms with van der Waals surface area (Å²) in [5, 5.41) is 29.1. The lowest BCUT2D eigenvalue weighted by Gasteiger charge is -2.33. The average Bonchev–Trinajstić information content (AvgIpc) is 3.52. The van der Waals surface area contributed by atoms with E-state index >= 15 is 8.78 Å². The van der Waals surface area contributed by atoms with Gasteiger partial charge in [-0.3, -0.25) is 4.99 Å². The summed E-state index contributed by atoms with van der Waals surface area (Å²) in [5.74, 6) is -3.99. The molecule has 43 heavy (non-hydrogen) atoms. The van der Waals surface area contributed by atoms with E-state index in [9.17, 15) is 32.9 Å². The third-order valence-electron chi connectivity index (χ3n) is 9.27. The maximum atomic E-state index is 15.1. The first-order chi connectivity index (χ1) is 20.2. The molecule has 2 aromatic rings. The molecule has 0 spiro atoms. The summed E-state index contributed by atoms with van der Waals surface area (Å²) in [7, 11) is 0. The van der Waals surface area contributed by atoms with E-state index in [1.165, 1.54) is 0 Å². The molecule has 0 amide bonds. The van der Waals surface area contributed by atoms with Gasteiger partial charge in [0.05, 0.1) is 17.3 Å². The highest BCUT2D eigenvalue weighted by Crippen LogP contribution is 2.64.